The van der Waals surface area contributed by atoms with Crippen molar-refractivity contribution in [3.63, 3.8) is 0 Å². The van der Waals surface area contributed by atoms with Crippen LogP contribution in [0.4, 0.5) is 0 Å². The van der Waals surface area contributed by atoms with E-state index in [1.807, 2.05) is 60.7 Å². The van der Waals surface area contributed by atoms with Gasteiger partial charge in [0.1, 0.15) is 16.1 Å². The van der Waals surface area contributed by atoms with Crippen LogP contribution in [0, 0.1) is 0 Å². The highest BCUT2D eigenvalue weighted by molar-refractivity contribution is 7.69. The molecule has 4 nitrogen and oxygen atoms in total. The molecule has 24 heavy (non-hydrogen) atoms. The third-order valence-electron chi connectivity index (χ3n) is 4.10. The second kappa shape index (κ2) is 8.04. The topological polar surface area (TPSA) is 46.6 Å². The predicted octanol–water partition coefficient (Wildman–Crippen LogP) is 2.04. The number of benzene rings is 2. The molecule has 0 N–H and O–H groups in total. The van der Waals surface area contributed by atoms with Crippen LogP contribution in [0.3, 0.4) is 0 Å². The Morgan fingerprint density at radius 3 is 2.21 bits per heavy atom. The first-order chi connectivity index (χ1) is 11.8. The largest absolute Gasteiger partial charge is 0.375 e. The first-order valence-corrected chi connectivity index (χ1v) is 8.67. The van der Waals surface area contributed by atoms with Gasteiger partial charge >= 0.3 is 0 Å². The van der Waals surface area contributed by atoms with Crippen molar-refractivity contribution in [3.05, 3.63) is 71.8 Å². The lowest BCUT2D eigenvalue weighted by atomic mass is 9.94. The summed E-state index contributed by atoms with van der Waals surface area (Å²) in [6.45, 7) is 1.50. The minimum absolute atomic E-state index is 0.122. The second-order valence-corrected chi connectivity index (χ2v) is 6.30. The molecule has 0 aliphatic carbocycles. The minimum atomic E-state index is -0.153. The van der Waals surface area contributed by atoms with E-state index in [-0.39, 0.29) is 11.9 Å². The lowest BCUT2D eigenvalue weighted by Crippen LogP contribution is -2.63. The van der Waals surface area contributed by atoms with Gasteiger partial charge in [0, 0.05) is 6.54 Å². The Balaban J connectivity index is 1.53. The molecule has 1 unspecified atom stereocenters. The lowest BCUT2D eigenvalue weighted by Gasteiger charge is -2.40. The second-order valence-electron chi connectivity index (χ2n) is 5.69. The molecule has 5 heteroatoms. The van der Waals surface area contributed by atoms with Crippen LogP contribution < -0.4 is 0 Å². The normalized spacial score (nSPS) is 16.8. The van der Waals surface area contributed by atoms with E-state index in [0.717, 1.165) is 11.1 Å². The first kappa shape index (κ1) is 16.6. The maximum Gasteiger partial charge on any atom is 0.265 e. The Kier molecular flexibility index (Phi) is 5.56. The molecule has 0 bridgehead atoms. The number of ether oxygens (including phenoxy) is 1. The summed E-state index contributed by atoms with van der Waals surface area (Å²) in [5.74, 6) is -0.153. The minimum Gasteiger partial charge on any atom is -0.375 e. The van der Waals surface area contributed by atoms with Crippen molar-refractivity contribution >= 4 is 22.0 Å². The van der Waals surface area contributed by atoms with E-state index >= 15 is 0 Å². The van der Waals surface area contributed by atoms with Crippen molar-refractivity contribution in [3.8, 4) is 0 Å². The highest BCUT2D eigenvalue weighted by Gasteiger charge is 2.42. The van der Waals surface area contributed by atoms with E-state index in [1.54, 1.807) is 4.90 Å². The fraction of sp³-hybridized carbons (Fsp3) is 0.263. The van der Waals surface area contributed by atoms with Crippen LogP contribution in [0.1, 0.15) is 11.1 Å². The molecule has 0 aromatic heterocycles. The molecule has 1 atom stereocenters. The standard InChI is InChI=1S/C19H19NO3S/c21-19-18(24-22)17(13-15-7-3-1-4-8-15)20(19)11-12-23-14-16-9-5-2-6-10-16/h1-10,17H,11-14H2. The lowest BCUT2D eigenvalue weighted by molar-refractivity contribution is -0.130. The predicted molar refractivity (Wildman–Crippen MR) is 94.9 cm³/mol. The smallest absolute Gasteiger partial charge is 0.265 e. The molecule has 1 aliphatic rings. The van der Waals surface area contributed by atoms with Crippen LogP contribution in [-0.4, -0.2) is 39.1 Å². The molecule has 3 rings (SSSR count). The van der Waals surface area contributed by atoms with Crippen molar-refractivity contribution in [2.75, 3.05) is 13.2 Å². The van der Waals surface area contributed by atoms with Gasteiger partial charge in [0.25, 0.3) is 5.91 Å². The molecule has 1 fully saturated rings. The highest BCUT2D eigenvalue weighted by atomic mass is 32.1. The summed E-state index contributed by atoms with van der Waals surface area (Å²) in [7, 11) is 0. The number of likely N-dealkylation sites (tertiary alicyclic amines) is 1. The molecule has 2 aromatic carbocycles. The number of amides is 1. The number of nitrogens with zero attached hydrogens (tertiary/aromatic N) is 1. The van der Waals surface area contributed by atoms with E-state index in [1.165, 1.54) is 0 Å². The van der Waals surface area contributed by atoms with Gasteiger partial charge in [0.15, 0.2) is 0 Å². The number of carbonyl (C=O) groups excluding carboxylic acids is 1. The van der Waals surface area contributed by atoms with Gasteiger partial charge in [-0.1, -0.05) is 60.7 Å². The monoisotopic (exact) mass is 341 g/mol. The van der Waals surface area contributed by atoms with Gasteiger partial charge in [0.2, 0.25) is 0 Å². The highest BCUT2D eigenvalue weighted by Crippen LogP contribution is 2.20. The fourth-order valence-electron chi connectivity index (χ4n) is 2.82. The van der Waals surface area contributed by atoms with Crippen molar-refractivity contribution in [2.24, 2.45) is 0 Å². The summed E-state index contributed by atoms with van der Waals surface area (Å²) in [6, 6.07) is 19.7. The van der Waals surface area contributed by atoms with Gasteiger partial charge in [-0.2, -0.15) is 0 Å². The summed E-state index contributed by atoms with van der Waals surface area (Å²) in [5.41, 5.74) is 2.23. The Morgan fingerprint density at radius 2 is 1.58 bits per heavy atom. The molecule has 1 amide bonds. The molecule has 0 radical (unpaired) electrons. The maximum atomic E-state index is 12.1. The van der Waals surface area contributed by atoms with E-state index in [2.05, 4.69) is 0 Å². The van der Waals surface area contributed by atoms with Crippen molar-refractivity contribution in [1.29, 1.82) is 0 Å². The molecular formula is C19H19NO3S. The van der Waals surface area contributed by atoms with Crippen LogP contribution in [0.2, 0.25) is 0 Å². The molecular weight excluding hydrogens is 322 g/mol. The maximum absolute atomic E-state index is 12.1. The Bertz CT molecular complexity index is 742. The fourth-order valence-corrected chi connectivity index (χ4v) is 3.33. The van der Waals surface area contributed by atoms with Gasteiger partial charge in [-0.25, -0.2) is 4.21 Å². The van der Waals surface area contributed by atoms with Gasteiger partial charge in [-0.05, 0) is 17.5 Å². The Labute approximate surface area is 145 Å². The van der Waals surface area contributed by atoms with Crippen molar-refractivity contribution in [1.82, 2.24) is 4.90 Å². The Hall–Kier alpha value is -2.24. The van der Waals surface area contributed by atoms with Gasteiger partial charge in [-0.15, -0.1) is 0 Å². The van der Waals surface area contributed by atoms with Crippen LogP contribution in [0.25, 0.3) is 0 Å². The summed E-state index contributed by atoms with van der Waals surface area (Å²) < 4.78 is 16.8. The Morgan fingerprint density at radius 1 is 0.958 bits per heavy atom. The molecule has 2 aromatic rings. The van der Waals surface area contributed by atoms with Crippen LogP contribution in [-0.2, 0) is 33.8 Å². The first-order valence-electron chi connectivity index (χ1n) is 7.93. The number of carbonyl (C=O) groups is 1. The van der Waals surface area contributed by atoms with E-state index in [9.17, 15) is 9.00 Å². The molecule has 1 heterocycles. The summed E-state index contributed by atoms with van der Waals surface area (Å²) in [4.78, 5) is 14.2. The molecule has 1 saturated heterocycles. The number of hydrogen-bond donors (Lipinski definition) is 0. The average Bonchev–Trinajstić information content (AvgIpc) is 2.63. The van der Waals surface area contributed by atoms with Gasteiger partial charge < -0.3 is 9.64 Å². The van der Waals surface area contributed by atoms with Crippen molar-refractivity contribution in [2.45, 2.75) is 19.1 Å². The quantitative estimate of drug-likeness (QED) is 0.440. The zero-order valence-electron chi connectivity index (χ0n) is 13.3. The summed E-state index contributed by atoms with van der Waals surface area (Å²) in [6.07, 6.45) is 0.676. The molecule has 124 valence electrons. The zero-order valence-corrected chi connectivity index (χ0v) is 14.1. The summed E-state index contributed by atoms with van der Waals surface area (Å²) in [5, 5.41) is 0. The third kappa shape index (κ3) is 3.80. The van der Waals surface area contributed by atoms with E-state index < -0.39 is 0 Å². The molecule has 1 aliphatic heterocycles. The van der Waals surface area contributed by atoms with E-state index in [4.69, 9.17) is 4.74 Å². The number of hydrogen-bond acceptors (Lipinski definition) is 3. The zero-order chi connectivity index (χ0) is 16.8. The molecule has 0 spiro atoms. The van der Waals surface area contributed by atoms with Crippen molar-refractivity contribution < 1.29 is 13.7 Å². The third-order valence-corrected chi connectivity index (χ3v) is 4.73. The van der Waals surface area contributed by atoms with Gasteiger partial charge in [0.05, 0.1) is 19.3 Å². The van der Waals surface area contributed by atoms with Gasteiger partial charge in [-0.3, -0.25) is 4.79 Å². The summed E-state index contributed by atoms with van der Waals surface area (Å²) >= 11 is 0.322. The average molecular weight is 341 g/mol. The van der Waals surface area contributed by atoms with Crippen LogP contribution in [0.5, 0.6) is 0 Å². The number of β-lactam (4-membered cyclic amide) rings is 1. The van der Waals surface area contributed by atoms with Crippen LogP contribution in [0.15, 0.2) is 60.7 Å². The molecule has 0 saturated carbocycles. The van der Waals surface area contributed by atoms with E-state index in [0.29, 0.717) is 42.3 Å². The SMILES string of the molecule is O=S=C1C(=O)N(CCOCc2ccccc2)C1Cc1ccccc1. The number of rotatable bonds is 7. The van der Waals surface area contributed by atoms with Crippen LogP contribution >= 0.6 is 0 Å².